The van der Waals surface area contributed by atoms with Gasteiger partial charge in [-0.2, -0.15) is 0 Å². The van der Waals surface area contributed by atoms with Gasteiger partial charge in [-0.15, -0.1) is 0 Å². The van der Waals surface area contributed by atoms with Crippen molar-refractivity contribution >= 4 is 5.91 Å². The number of carbonyl (C=O) groups excluding carboxylic acids is 1. The van der Waals surface area contributed by atoms with Crippen LogP contribution >= 0.6 is 0 Å². The molecule has 3 nitrogen and oxygen atoms in total. The van der Waals surface area contributed by atoms with Crippen molar-refractivity contribution < 1.29 is 4.79 Å². The van der Waals surface area contributed by atoms with E-state index in [-0.39, 0.29) is 11.9 Å². The molecule has 0 spiro atoms. The van der Waals surface area contributed by atoms with Gasteiger partial charge >= 0.3 is 0 Å². The highest BCUT2D eigenvalue weighted by Gasteiger charge is 2.06. The van der Waals surface area contributed by atoms with Crippen LogP contribution in [-0.4, -0.2) is 25.5 Å². The number of benzene rings is 1. The number of carbonyl (C=O) groups is 1. The molecule has 1 atom stereocenters. The highest BCUT2D eigenvalue weighted by atomic mass is 16.1. The number of nitrogens with one attached hydrogen (secondary N) is 2. The average Bonchev–Trinajstić information content (AvgIpc) is 2.35. The minimum absolute atomic E-state index is 0.125. The Morgan fingerprint density at radius 1 is 1.29 bits per heavy atom. The van der Waals surface area contributed by atoms with Crippen molar-refractivity contribution in [1.82, 2.24) is 10.6 Å². The zero-order valence-electron chi connectivity index (χ0n) is 10.7. The minimum Gasteiger partial charge on any atom is -0.354 e. The molecular weight excluding hydrogens is 212 g/mol. The summed E-state index contributed by atoms with van der Waals surface area (Å²) in [6.07, 6.45) is 2.54. The first kappa shape index (κ1) is 13.7. The molecule has 3 heteroatoms. The highest BCUT2D eigenvalue weighted by Crippen LogP contribution is 2.04. The molecular formula is C14H22N2O. The van der Waals surface area contributed by atoms with Gasteiger partial charge < -0.3 is 10.6 Å². The van der Waals surface area contributed by atoms with Crippen molar-refractivity contribution in [1.29, 1.82) is 0 Å². The molecule has 0 aliphatic rings. The first-order valence-corrected chi connectivity index (χ1v) is 6.20. The van der Waals surface area contributed by atoms with Crippen LogP contribution in [0.1, 0.15) is 25.3 Å². The van der Waals surface area contributed by atoms with E-state index in [0.29, 0.717) is 6.42 Å². The van der Waals surface area contributed by atoms with Crippen LogP contribution in [0, 0.1) is 0 Å². The molecule has 1 amide bonds. The summed E-state index contributed by atoms with van der Waals surface area (Å²) < 4.78 is 0. The lowest BCUT2D eigenvalue weighted by Crippen LogP contribution is -2.34. The van der Waals surface area contributed by atoms with Crippen molar-refractivity contribution in [2.45, 2.75) is 32.2 Å². The van der Waals surface area contributed by atoms with Crippen molar-refractivity contribution in [3.8, 4) is 0 Å². The second-order valence-corrected chi connectivity index (χ2v) is 4.35. The zero-order valence-corrected chi connectivity index (χ0v) is 10.7. The summed E-state index contributed by atoms with van der Waals surface area (Å²) in [5.74, 6) is 0.125. The second kappa shape index (κ2) is 7.85. The van der Waals surface area contributed by atoms with Crippen molar-refractivity contribution in [3.05, 3.63) is 35.9 Å². The third-order valence-corrected chi connectivity index (χ3v) is 2.72. The number of amides is 1. The second-order valence-electron chi connectivity index (χ2n) is 4.35. The molecule has 94 valence electrons. The Labute approximate surface area is 104 Å². The van der Waals surface area contributed by atoms with E-state index < -0.39 is 0 Å². The molecule has 0 radical (unpaired) electrons. The smallest absolute Gasteiger partial charge is 0.221 e. The van der Waals surface area contributed by atoms with Gasteiger partial charge in [0.25, 0.3) is 0 Å². The molecule has 1 aromatic rings. The van der Waals surface area contributed by atoms with E-state index >= 15 is 0 Å². The van der Waals surface area contributed by atoms with E-state index in [9.17, 15) is 4.79 Å². The van der Waals surface area contributed by atoms with Crippen LogP contribution in [0.25, 0.3) is 0 Å². The highest BCUT2D eigenvalue weighted by molar-refractivity contribution is 5.76. The van der Waals surface area contributed by atoms with Crippen LogP contribution in [0.4, 0.5) is 0 Å². The van der Waals surface area contributed by atoms with Crippen molar-refractivity contribution in [2.75, 3.05) is 13.6 Å². The topological polar surface area (TPSA) is 41.1 Å². The molecule has 2 N–H and O–H groups in total. The van der Waals surface area contributed by atoms with E-state index in [0.717, 1.165) is 19.4 Å². The SMILES string of the molecule is CNCCC(=O)NC(C)CCc1ccccc1. The standard InChI is InChI=1S/C14H22N2O/c1-12(16-14(17)10-11-15-2)8-9-13-6-4-3-5-7-13/h3-7,12,15H,8-11H2,1-2H3,(H,16,17). The number of hydrogen-bond acceptors (Lipinski definition) is 2. The molecule has 1 unspecified atom stereocenters. The Morgan fingerprint density at radius 2 is 2.00 bits per heavy atom. The van der Waals surface area contributed by atoms with Crippen LogP contribution in [0.3, 0.4) is 0 Å². The minimum atomic E-state index is 0.125. The fraction of sp³-hybridized carbons (Fsp3) is 0.500. The lowest BCUT2D eigenvalue weighted by molar-refractivity contribution is -0.121. The fourth-order valence-corrected chi connectivity index (χ4v) is 1.69. The van der Waals surface area contributed by atoms with Gasteiger partial charge in [-0.1, -0.05) is 30.3 Å². The van der Waals surface area contributed by atoms with Crippen LogP contribution in [-0.2, 0) is 11.2 Å². The summed E-state index contributed by atoms with van der Waals surface area (Å²) in [4.78, 5) is 11.5. The quantitative estimate of drug-likeness (QED) is 0.754. The van der Waals surface area contributed by atoms with Crippen LogP contribution in [0.2, 0.25) is 0 Å². The first-order valence-electron chi connectivity index (χ1n) is 6.20. The Hall–Kier alpha value is -1.35. The number of hydrogen-bond donors (Lipinski definition) is 2. The maximum atomic E-state index is 11.5. The lowest BCUT2D eigenvalue weighted by atomic mass is 10.1. The zero-order chi connectivity index (χ0) is 12.5. The normalized spacial score (nSPS) is 12.1. The van der Waals surface area contributed by atoms with Gasteiger partial charge in [-0.25, -0.2) is 0 Å². The largest absolute Gasteiger partial charge is 0.354 e. The van der Waals surface area contributed by atoms with E-state index in [1.54, 1.807) is 0 Å². The summed E-state index contributed by atoms with van der Waals surface area (Å²) in [7, 11) is 1.85. The van der Waals surface area contributed by atoms with E-state index in [1.165, 1.54) is 5.56 Å². The molecule has 0 aliphatic carbocycles. The molecule has 0 saturated heterocycles. The summed E-state index contributed by atoms with van der Waals surface area (Å²) in [5, 5.41) is 5.97. The van der Waals surface area contributed by atoms with Gasteiger partial charge in [0, 0.05) is 19.0 Å². The predicted octanol–water partition coefficient (Wildman–Crippen LogP) is 1.73. The lowest BCUT2D eigenvalue weighted by Gasteiger charge is -2.13. The predicted molar refractivity (Wildman–Crippen MR) is 70.9 cm³/mol. The Balaban J connectivity index is 2.21. The maximum absolute atomic E-state index is 11.5. The van der Waals surface area contributed by atoms with Gasteiger partial charge in [0.1, 0.15) is 0 Å². The Bertz CT molecular complexity index is 324. The Morgan fingerprint density at radius 3 is 2.65 bits per heavy atom. The van der Waals surface area contributed by atoms with Gasteiger partial charge in [-0.05, 0) is 32.4 Å². The van der Waals surface area contributed by atoms with Crippen molar-refractivity contribution in [2.24, 2.45) is 0 Å². The first-order chi connectivity index (χ1) is 8.22. The summed E-state index contributed by atoms with van der Waals surface area (Å²) in [6.45, 7) is 2.79. The molecule has 1 rings (SSSR count). The molecule has 17 heavy (non-hydrogen) atoms. The average molecular weight is 234 g/mol. The van der Waals surface area contributed by atoms with E-state index in [1.807, 2.05) is 25.2 Å². The van der Waals surface area contributed by atoms with Gasteiger partial charge in [0.2, 0.25) is 5.91 Å². The summed E-state index contributed by atoms with van der Waals surface area (Å²) in [5.41, 5.74) is 1.32. The molecule has 1 aromatic carbocycles. The van der Waals surface area contributed by atoms with E-state index in [4.69, 9.17) is 0 Å². The third kappa shape index (κ3) is 6.07. The molecule has 0 aliphatic heterocycles. The third-order valence-electron chi connectivity index (χ3n) is 2.72. The molecule has 0 fully saturated rings. The monoisotopic (exact) mass is 234 g/mol. The Kier molecular flexibility index (Phi) is 6.33. The summed E-state index contributed by atoms with van der Waals surface area (Å²) in [6, 6.07) is 10.6. The van der Waals surface area contributed by atoms with E-state index in [2.05, 4.69) is 29.7 Å². The van der Waals surface area contributed by atoms with Gasteiger partial charge in [0.15, 0.2) is 0 Å². The molecule has 0 bridgehead atoms. The molecule has 0 saturated carbocycles. The van der Waals surface area contributed by atoms with Crippen molar-refractivity contribution in [3.63, 3.8) is 0 Å². The molecule has 0 heterocycles. The molecule has 0 aromatic heterocycles. The van der Waals surface area contributed by atoms with Gasteiger partial charge in [-0.3, -0.25) is 4.79 Å². The van der Waals surface area contributed by atoms with Crippen LogP contribution in [0.15, 0.2) is 30.3 Å². The fourth-order valence-electron chi connectivity index (χ4n) is 1.69. The van der Waals surface area contributed by atoms with Crippen LogP contribution in [0.5, 0.6) is 0 Å². The van der Waals surface area contributed by atoms with Crippen LogP contribution < -0.4 is 10.6 Å². The summed E-state index contributed by atoms with van der Waals surface area (Å²) >= 11 is 0. The number of rotatable bonds is 7. The number of aryl methyl sites for hydroxylation is 1. The van der Waals surface area contributed by atoms with Gasteiger partial charge in [0.05, 0.1) is 0 Å². The maximum Gasteiger partial charge on any atom is 0.221 e.